The molecule has 0 radical (unpaired) electrons. The van der Waals surface area contributed by atoms with Gasteiger partial charge in [0.05, 0.1) is 30.3 Å². The molecule has 0 spiro atoms. The van der Waals surface area contributed by atoms with Crippen LogP contribution in [0.5, 0.6) is 0 Å². The van der Waals surface area contributed by atoms with Crippen molar-refractivity contribution in [3.8, 4) is 11.3 Å². The van der Waals surface area contributed by atoms with Crippen LogP contribution < -0.4 is 0 Å². The Morgan fingerprint density at radius 3 is 2.27 bits per heavy atom. The smallest absolute Gasteiger partial charge is 0.410 e. The minimum absolute atomic E-state index is 0.0587. The van der Waals surface area contributed by atoms with E-state index in [1.807, 2.05) is 103 Å². The fraction of sp³-hybridized carbons (Fsp3) is 0.705. The molecule has 1 aromatic carbocycles. The van der Waals surface area contributed by atoms with E-state index in [4.69, 9.17) is 18.9 Å². The summed E-state index contributed by atoms with van der Waals surface area (Å²) in [5.41, 5.74) is -0.171. The van der Waals surface area contributed by atoms with Gasteiger partial charge < -0.3 is 33.5 Å². The van der Waals surface area contributed by atoms with E-state index < -0.39 is 77.4 Å². The molecule has 0 unspecified atom stereocenters. The fourth-order valence-electron chi connectivity index (χ4n) is 9.74. The maximum Gasteiger partial charge on any atom is 0.410 e. The zero-order valence-corrected chi connectivity index (χ0v) is 35.1. The molecular weight excluding hydrogens is 714 g/mol. The third-order valence-electron chi connectivity index (χ3n) is 12.7. The van der Waals surface area contributed by atoms with E-state index in [0.717, 1.165) is 17.7 Å². The number of imidazole rings is 1. The van der Waals surface area contributed by atoms with E-state index in [-0.39, 0.29) is 23.6 Å². The van der Waals surface area contributed by atoms with Crippen molar-refractivity contribution in [3.05, 3.63) is 42.9 Å². The first-order chi connectivity index (χ1) is 26.4. The van der Waals surface area contributed by atoms with Crippen LogP contribution in [0.15, 0.2) is 42.9 Å². The highest BCUT2D eigenvalue weighted by Gasteiger charge is 2.61. The van der Waals surface area contributed by atoms with Crippen molar-refractivity contribution < 1.29 is 43.2 Å². The molecule has 2 aromatic rings. The number of ketones is 2. The monoisotopic (exact) mass is 779 g/mol. The lowest BCUT2D eigenvalue weighted by molar-refractivity contribution is -0.284. The number of nitrogens with zero attached hydrogens (tertiary/aromatic N) is 3. The molecule has 56 heavy (non-hydrogen) atoms. The highest BCUT2D eigenvalue weighted by atomic mass is 16.7. The van der Waals surface area contributed by atoms with Gasteiger partial charge in [-0.05, 0) is 63.7 Å². The second kappa shape index (κ2) is 17.9. The molecule has 12 atom stereocenters. The van der Waals surface area contributed by atoms with Crippen molar-refractivity contribution in [2.75, 3.05) is 6.54 Å². The SMILES string of the molecule is CC[C@H]1OC(=O)[C@H](C)C(=O)[C@H](C)[C@@H](O[C@@H]2O[C@H](C)C[C@H](C)[C@H]2O)C(C)(C)C[C@@H](C)C(=O)[C@H](C)[C@H]2N(CCCCn3cnc(-c4ccccc4)c3)C(=O)O[C@]12CC. The Bertz CT molecular complexity index is 1680. The van der Waals surface area contributed by atoms with Crippen LogP contribution in [0.2, 0.25) is 0 Å². The number of cyclic esters (lactones) is 1. The highest BCUT2D eigenvalue weighted by Crippen LogP contribution is 2.45. The molecular formula is C44H65N3O9. The maximum atomic E-state index is 14.7. The number of esters is 1. The number of hydrogen-bond acceptors (Lipinski definition) is 10. The van der Waals surface area contributed by atoms with Gasteiger partial charge in [0.1, 0.15) is 23.9 Å². The Kier molecular flexibility index (Phi) is 13.9. The number of ether oxygens (including phenoxy) is 4. The first-order valence-corrected chi connectivity index (χ1v) is 20.8. The minimum atomic E-state index is -1.31. The summed E-state index contributed by atoms with van der Waals surface area (Å²) in [4.78, 5) is 63.1. The van der Waals surface area contributed by atoms with Crippen LogP contribution in [0.1, 0.15) is 108 Å². The number of hydrogen-bond donors (Lipinski definition) is 1. The lowest BCUT2D eigenvalue weighted by Crippen LogP contribution is -2.59. The van der Waals surface area contributed by atoms with Gasteiger partial charge in [0, 0.05) is 42.6 Å². The topological polar surface area (TPSA) is 146 Å². The number of aliphatic hydroxyl groups is 1. The number of aryl methyl sites for hydroxylation is 1. The number of amides is 1. The van der Waals surface area contributed by atoms with Crippen LogP contribution in [0.4, 0.5) is 4.79 Å². The second-order valence-electron chi connectivity index (χ2n) is 17.5. The van der Waals surface area contributed by atoms with Gasteiger partial charge in [0.25, 0.3) is 0 Å². The number of carbonyl (C=O) groups is 4. The van der Waals surface area contributed by atoms with E-state index in [1.54, 1.807) is 18.7 Å². The summed E-state index contributed by atoms with van der Waals surface area (Å²) in [5, 5.41) is 11.1. The van der Waals surface area contributed by atoms with Gasteiger partial charge >= 0.3 is 12.1 Å². The first-order valence-electron chi connectivity index (χ1n) is 20.8. The van der Waals surface area contributed by atoms with E-state index in [0.29, 0.717) is 45.2 Å². The minimum Gasteiger partial charge on any atom is -0.457 e. The van der Waals surface area contributed by atoms with Crippen molar-refractivity contribution in [2.24, 2.45) is 35.0 Å². The second-order valence-corrected chi connectivity index (χ2v) is 17.5. The predicted molar refractivity (Wildman–Crippen MR) is 211 cm³/mol. The number of benzene rings is 1. The molecule has 3 saturated heterocycles. The molecule has 3 aliphatic rings. The molecule has 0 saturated carbocycles. The number of rotatable bonds is 10. The summed E-state index contributed by atoms with van der Waals surface area (Å²) in [6.07, 6.45) is 2.51. The van der Waals surface area contributed by atoms with Crippen molar-refractivity contribution in [3.63, 3.8) is 0 Å². The number of carbonyl (C=O) groups excluding carboxylic acids is 4. The summed E-state index contributed by atoms with van der Waals surface area (Å²) >= 11 is 0. The van der Waals surface area contributed by atoms with E-state index >= 15 is 0 Å². The number of unbranched alkanes of at least 4 members (excludes halogenated alkanes) is 1. The predicted octanol–water partition coefficient (Wildman–Crippen LogP) is 7.25. The van der Waals surface area contributed by atoms with E-state index in [9.17, 15) is 24.3 Å². The molecule has 12 nitrogen and oxygen atoms in total. The van der Waals surface area contributed by atoms with Crippen LogP contribution in [0, 0.1) is 35.0 Å². The van der Waals surface area contributed by atoms with Crippen LogP contribution in [0.3, 0.4) is 0 Å². The highest BCUT2D eigenvalue weighted by molar-refractivity contribution is 6.00. The summed E-state index contributed by atoms with van der Waals surface area (Å²) < 4.78 is 27.2. The molecule has 3 fully saturated rings. The van der Waals surface area contributed by atoms with E-state index in [1.165, 1.54) is 0 Å². The van der Waals surface area contributed by atoms with Crippen molar-refractivity contribution in [1.82, 2.24) is 14.5 Å². The first kappa shape index (κ1) is 43.5. The zero-order valence-electron chi connectivity index (χ0n) is 35.1. The number of aromatic nitrogens is 2. The van der Waals surface area contributed by atoms with Crippen LogP contribution in [-0.2, 0) is 39.9 Å². The average molecular weight is 780 g/mol. The Hall–Kier alpha value is -3.61. The van der Waals surface area contributed by atoms with Gasteiger partial charge in [-0.3, -0.25) is 14.4 Å². The van der Waals surface area contributed by atoms with Gasteiger partial charge in [-0.15, -0.1) is 0 Å². The standard InChI is InChI=1S/C44H65N3O9/c1-11-34-44(12-2)38(47(42(52)56-44)21-17-16-20-46-24-33(45-25-46)32-18-14-13-15-19-32)29(6)35(48)27(4)23-43(9,10)39(30(7)37(50)31(8)40(51)54-34)55-41-36(49)26(3)22-28(5)53-41/h13-15,18-19,24-31,34,36,38-39,41,49H,11-12,16-17,20-23H2,1-10H3/t26-,27+,28+,29-,30-,31+,34+,36+,38+,39+,41-,44+/m0/s1. The molecule has 4 heterocycles. The number of Topliss-reactive ketones (excluding diaryl/α,β-unsaturated/α-hetero) is 2. The Balaban J connectivity index is 1.43. The van der Waals surface area contributed by atoms with Crippen LogP contribution >= 0.6 is 0 Å². The Morgan fingerprint density at radius 2 is 1.61 bits per heavy atom. The molecule has 1 N–H and O–H groups in total. The largest absolute Gasteiger partial charge is 0.457 e. The zero-order chi connectivity index (χ0) is 41.1. The Labute approximate surface area is 333 Å². The summed E-state index contributed by atoms with van der Waals surface area (Å²) in [6.45, 7) is 19.6. The van der Waals surface area contributed by atoms with E-state index in [2.05, 4.69) is 4.98 Å². The normalized spacial score (nSPS) is 35.8. The van der Waals surface area contributed by atoms with Gasteiger partial charge in [-0.25, -0.2) is 9.78 Å². The molecule has 5 rings (SSSR count). The van der Waals surface area contributed by atoms with Crippen molar-refractivity contribution >= 4 is 23.6 Å². The quantitative estimate of drug-likeness (QED) is 0.149. The fourth-order valence-corrected chi connectivity index (χ4v) is 9.74. The molecule has 310 valence electrons. The summed E-state index contributed by atoms with van der Waals surface area (Å²) in [7, 11) is 0. The number of fused-ring (bicyclic) bond motifs is 1. The van der Waals surface area contributed by atoms with Gasteiger partial charge in [-0.1, -0.05) is 85.7 Å². The number of aliphatic hydroxyl groups excluding tert-OH is 1. The molecule has 1 amide bonds. The third kappa shape index (κ3) is 8.92. The lowest BCUT2D eigenvalue weighted by Gasteiger charge is -2.46. The van der Waals surface area contributed by atoms with Gasteiger partial charge in [0.15, 0.2) is 17.7 Å². The third-order valence-corrected chi connectivity index (χ3v) is 12.7. The summed E-state index contributed by atoms with van der Waals surface area (Å²) in [5.74, 6) is -4.38. The van der Waals surface area contributed by atoms with Gasteiger partial charge in [0.2, 0.25) is 0 Å². The molecule has 3 aliphatic heterocycles. The van der Waals surface area contributed by atoms with Crippen molar-refractivity contribution in [1.29, 1.82) is 0 Å². The summed E-state index contributed by atoms with van der Waals surface area (Å²) in [6, 6.07) is 9.25. The van der Waals surface area contributed by atoms with Crippen LogP contribution in [-0.4, -0.2) is 92.1 Å². The molecule has 0 aliphatic carbocycles. The maximum absolute atomic E-state index is 14.7. The average Bonchev–Trinajstić information content (AvgIpc) is 3.76. The molecule has 0 bridgehead atoms. The van der Waals surface area contributed by atoms with Crippen molar-refractivity contribution in [2.45, 2.75) is 157 Å². The molecule has 12 heteroatoms. The molecule has 1 aromatic heterocycles. The Morgan fingerprint density at radius 1 is 0.929 bits per heavy atom. The van der Waals surface area contributed by atoms with Gasteiger partial charge in [-0.2, -0.15) is 0 Å². The lowest BCUT2D eigenvalue weighted by atomic mass is 9.68. The van der Waals surface area contributed by atoms with Crippen LogP contribution in [0.25, 0.3) is 11.3 Å².